The molecule has 1 atom stereocenters. The predicted molar refractivity (Wildman–Crippen MR) is 109 cm³/mol. The SMILES string of the molecule is COCCN(C(=O)CCc1ncc(-c2ccc(C)c(C)c2)o1)C1CCSC1. The Balaban J connectivity index is 1.60. The first-order valence-corrected chi connectivity index (χ1v) is 10.6. The summed E-state index contributed by atoms with van der Waals surface area (Å²) < 4.78 is 11.1. The Labute approximate surface area is 165 Å². The highest BCUT2D eigenvalue weighted by atomic mass is 32.2. The largest absolute Gasteiger partial charge is 0.441 e. The summed E-state index contributed by atoms with van der Waals surface area (Å²) in [5.41, 5.74) is 3.50. The first-order valence-electron chi connectivity index (χ1n) is 9.47. The first-order chi connectivity index (χ1) is 13.1. The fourth-order valence-electron chi connectivity index (χ4n) is 3.28. The molecule has 1 aromatic carbocycles. The minimum Gasteiger partial charge on any atom is -0.441 e. The summed E-state index contributed by atoms with van der Waals surface area (Å²) >= 11 is 1.91. The number of amides is 1. The van der Waals surface area contributed by atoms with Crippen LogP contribution < -0.4 is 0 Å². The number of hydrogen-bond donors (Lipinski definition) is 0. The molecule has 1 unspecified atom stereocenters. The van der Waals surface area contributed by atoms with Gasteiger partial charge in [0.05, 0.1) is 12.8 Å². The summed E-state index contributed by atoms with van der Waals surface area (Å²) in [5.74, 6) is 3.67. The van der Waals surface area contributed by atoms with E-state index in [0.29, 0.717) is 37.9 Å². The lowest BCUT2D eigenvalue weighted by Crippen LogP contribution is -2.42. The fourth-order valence-corrected chi connectivity index (χ4v) is 4.50. The molecule has 1 amide bonds. The molecule has 6 heteroatoms. The van der Waals surface area contributed by atoms with Gasteiger partial charge in [-0.1, -0.05) is 12.1 Å². The van der Waals surface area contributed by atoms with Gasteiger partial charge in [-0.2, -0.15) is 11.8 Å². The Morgan fingerprint density at radius 3 is 2.93 bits per heavy atom. The molecule has 0 saturated carbocycles. The summed E-state index contributed by atoms with van der Waals surface area (Å²) in [6, 6.07) is 6.56. The zero-order valence-corrected chi connectivity index (χ0v) is 17.2. The van der Waals surface area contributed by atoms with Gasteiger partial charge in [0.2, 0.25) is 5.91 Å². The normalized spacial score (nSPS) is 16.6. The number of aromatic nitrogens is 1. The van der Waals surface area contributed by atoms with Crippen LogP contribution in [-0.4, -0.2) is 53.6 Å². The fraction of sp³-hybridized carbons (Fsp3) is 0.524. The number of benzene rings is 1. The van der Waals surface area contributed by atoms with Crippen LogP contribution in [0, 0.1) is 13.8 Å². The van der Waals surface area contributed by atoms with Gasteiger partial charge in [-0.15, -0.1) is 0 Å². The zero-order valence-electron chi connectivity index (χ0n) is 16.4. The van der Waals surface area contributed by atoms with Crippen LogP contribution in [0.2, 0.25) is 0 Å². The van der Waals surface area contributed by atoms with Gasteiger partial charge < -0.3 is 14.1 Å². The quantitative estimate of drug-likeness (QED) is 0.687. The number of oxazole rings is 1. The number of carbonyl (C=O) groups is 1. The monoisotopic (exact) mass is 388 g/mol. The second kappa shape index (κ2) is 9.42. The van der Waals surface area contributed by atoms with E-state index >= 15 is 0 Å². The first kappa shape index (κ1) is 20.0. The van der Waals surface area contributed by atoms with Crippen LogP contribution in [0.15, 0.2) is 28.8 Å². The lowest BCUT2D eigenvalue weighted by molar-refractivity contribution is -0.133. The highest BCUT2D eigenvalue weighted by Gasteiger charge is 2.26. The molecule has 27 heavy (non-hydrogen) atoms. The average molecular weight is 389 g/mol. The molecular weight excluding hydrogens is 360 g/mol. The van der Waals surface area contributed by atoms with Crippen molar-refractivity contribution in [1.82, 2.24) is 9.88 Å². The molecule has 0 bridgehead atoms. The maximum absolute atomic E-state index is 12.8. The van der Waals surface area contributed by atoms with Gasteiger partial charge >= 0.3 is 0 Å². The van der Waals surface area contributed by atoms with Crippen LogP contribution in [-0.2, 0) is 16.0 Å². The Bertz CT molecular complexity index is 769. The van der Waals surface area contributed by atoms with E-state index in [-0.39, 0.29) is 5.91 Å². The van der Waals surface area contributed by atoms with Crippen molar-refractivity contribution in [2.45, 2.75) is 39.2 Å². The van der Waals surface area contributed by atoms with Crippen LogP contribution >= 0.6 is 11.8 Å². The minimum absolute atomic E-state index is 0.158. The topological polar surface area (TPSA) is 55.6 Å². The van der Waals surface area contributed by atoms with Crippen molar-refractivity contribution in [1.29, 1.82) is 0 Å². The molecule has 1 saturated heterocycles. The summed E-state index contributed by atoms with van der Waals surface area (Å²) in [5, 5.41) is 0. The average Bonchev–Trinajstić information content (AvgIpc) is 3.35. The van der Waals surface area contributed by atoms with E-state index in [1.807, 2.05) is 22.7 Å². The minimum atomic E-state index is 0.158. The molecule has 1 aliphatic rings. The molecular formula is C21H28N2O3S. The molecule has 3 rings (SSSR count). The van der Waals surface area contributed by atoms with Crippen LogP contribution in [0.25, 0.3) is 11.3 Å². The summed E-state index contributed by atoms with van der Waals surface area (Å²) in [7, 11) is 1.67. The molecule has 0 radical (unpaired) electrons. The van der Waals surface area contributed by atoms with E-state index in [4.69, 9.17) is 9.15 Å². The number of nitrogens with zero attached hydrogens (tertiary/aromatic N) is 2. The van der Waals surface area contributed by atoms with Crippen LogP contribution in [0.3, 0.4) is 0 Å². The number of aryl methyl sites for hydroxylation is 3. The van der Waals surface area contributed by atoms with Crippen molar-refractivity contribution >= 4 is 17.7 Å². The number of rotatable bonds is 8. The lowest BCUT2D eigenvalue weighted by atomic mass is 10.1. The van der Waals surface area contributed by atoms with Crippen molar-refractivity contribution in [3.8, 4) is 11.3 Å². The third-order valence-corrected chi connectivity index (χ3v) is 6.25. The van der Waals surface area contributed by atoms with Gasteiger partial charge in [0, 0.05) is 43.9 Å². The van der Waals surface area contributed by atoms with Crippen LogP contribution in [0.1, 0.15) is 29.9 Å². The molecule has 1 aliphatic heterocycles. The second-order valence-corrected chi connectivity index (χ2v) is 8.16. The Morgan fingerprint density at radius 2 is 2.22 bits per heavy atom. The predicted octanol–water partition coefficient (Wildman–Crippen LogP) is 3.87. The van der Waals surface area contributed by atoms with E-state index in [2.05, 4.69) is 31.0 Å². The molecule has 146 valence electrons. The summed E-state index contributed by atoms with van der Waals surface area (Å²) in [4.78, 5) is 19.1. The van der Waals surface area contributed by atoms with Gasteiger partial charge in [-0.3, -0.25) is 4.79 Å². The van der Waals surface area contributed by atoms with Crippen molar-refractivity contribution < 1.29 is 13.9 Å². The third-order valence-electron chi connectivity index (χ3n) is 5.10. The van der Waals surface area contributed by atoms with E-state index in [9.17, 15) is 4.79 Å². The number of ether oxygens (including phenoxy) is 1. The molecule has 5 nitrogen and oxygen atoms in total. The van der Waals surface area contributed by atoms with Crippen molar-refractivity contribution in [2.75, 3.05) is 31.8 Å². The number of carbonyl (C=O) groups excluding carboxylic acids is 1. The summed E-state index contributed by atoms with van der Waals surface area (Å²) in [6.45, 7) is 5.41. The number of thioether (sulfide) groups is 1. The lowest BCUT2D eigenvalue weighted by Gasteiger charge is -2.28. The number of hydrogen-bond acceptors (Lipinski definition) is 5. The van der Waals surface area contributed by atoms with Crippen molar-refractivity contribution in [3.05, 3.63) is 41.4 Å². The van der Waals surface area contributed by atoms with E-state index in [0.717, 1.165) is 29.3 Å². The van der Waals surface area contributed by atoms with E-state index in [1.54, 1.807) is 13.3 Å². The Morgan fingerprint density at radius 1 is 1.37 bits per heavy atom. The zero-order chi connectivity index (χ0) is 19.2. The molecule has 1 aromatic heterocycles. The molecule has 1 fully saturated rings. The van der Waals surface area contributed by atoms with E-state index in [1.165, 1.54) is 11.1 Å². The van der Waals surface area contributed by atoms with Crippen molar-refractivity contribution in [3.63, 3.8) is 0 Å². The van der Waals surface area contributed by atoms with Crippen LogP contribution in [0.4, 0.5) is 0 Å². The highest BCUT2D eigenvalue weighted by Crippen LogP contribution is 2.25. The molecule has 0 N–H and O–H groups in total. The van der Waals surface area contributed by atoms with Crippen LogP contribution in [0.5, 0.6) is 0 Å². The Kier molecular flexibility index (Phi) is 6.96. The van der Waals surface area contributed by atoms with Gasteiger partial charge in [-0.25, -0.2) is 4.98 Å². The van der Waals surface area contributed by atoms with Gasteiger partial charge in [0.15, 0.2) is 11.7 Å². The van der Waals surface area contributed by atoms with Crippen molar-refractivity contribution in [2.24, 2.45) is 0 Å². The Hall–Kier alpha value is -1.79. The standard InChI is InChI=1S/C21H28N2O3S/c1-15-4-5-17(12-16(15)2)19-13-22-20(26-19)6-7-21(24)23(9-10-25-3)18-8-11-27-14-18/h4-5,12-13,18H,6-11,14H2,1-3H3. The highest BCUT2D eigenvalue weighted by molar-refractivity contribution is 7.99. The van der Waals surface area contributed by atoms with E-state index < -0.39 is 0 Å². The smallest absolute Gasteiger partial charge is 0.223 e. The molecule has 0 aliphatic carbocycles. The van der Waals surface area contributed by atoms with Gasteiger partial charge in [0.25, 0.3) is 0 Å². The molecule has 2 heterocycles. The molecule has 0 spiro atoms. The molecule has 2 aromatic rings. The summed E-state index contributed by atoms with van der Waals surface area (Å²) in [6.07, 6.45) is 3.75. The second-order valence-electron chi connectivity index (χ2n) is 7.01. The van der Waals surface area contributed by atoms with Gasteiger partial charge in [-0.05, 0) is 43.2 Å². The maximum atomic E-state index is 12.8. The van der Waals surface area contributed by atoms with Gasteiger partial charge in [0.1, 0.15) is 0 Å². The maximum Gasteiger partial charge on any atom is 0.223 e. The third kappa shape index (κ3) is 5.14. The number of methoxy groups -OCH3 is 1.